The van der Waals surface area contributed by atoms with Gasteiger partial charge in [0.15, 0.2) is 0 Å². The Labute approximate surface area is 87.7 Å². The van der Waals surface area contributed by atoms with Crippen molar-refractivity contribution in [3.05, 3.63) is 35.5 Å². The molecule has 0 aliphatic carbocycles. The lowest BCUT2D eigenvalue weighted by Gasteiger charge is -2.14. The van der Waals surface area contributed by atoms with Crippen LogP contribution in [0.25, 0.3) is 10.9 Å². The highest BCUT2D eigenvalue weighted by Gasteiger charge is 2.21. The van der Waals surface area contributed by atoms with Crippen molar-refractivity contribution in [3.63, 3.8) is 0 Å². The molecule has 3 rings (SSSR count). The number of carbonyl (C=O) groups is 1. The summed E-state index contributed by atoms with van der Waals surface area (Å²) in [5.41, 5.74) is 3.63. The first-order valence-electron chi connectivity index (χ1n) is 5.09. The Balaban J connectivity index is 2.36. The number of amides is 1. The third-order valence-corrected chi connectivity index (χ3v) is 3.13. The minimum Gasteiger partial charge on any atom is -0.352 e. The van der Waals surface area contributed by atoms with E-state index in [4.69, 9.17) is 0 Å². The van der Waals surface area contributed by atoms with Gasteiger partial charge in [-0.1, -0.05) is 18.2 Å². The molecule has 0 saturated carbocycles. The van der Waals surface area contributed by atoms with Gasteiger partial charge in [-0.05, 0) is 6.07 Å². The fraction of sp³-hybridized carbons (Fsp3) is 0.250. The molecule has 2 heterocycles. The molecule has 3 heteroatoms. The van der Waals surface area contributed by atoms with Gasteiger partial charge in [0.1, 0.15) is 0 Å². The molecule has 0 spiro atoms. The molecule has 0 unspecified atom stereocenters. The van der Waals surface area contributed by atoms with E-state index in [-0.39, 0.29) is 5.91 Å². The molecule has 3 nitrogen and oxygen atoms in total. The first kappa shape index (κ1) is 8.53. The van der Waals surface area contributed by atoms with Crippen LogP contribution in [0.15, 0.2) is 24.3 Å². The van der Waals surface area contributed by atoms with Crippen LogP contribution in [0.2, 0.25) is 0 Å². The van der Waals surface area contributed by atoms with Gasteiger partial charge in [-0.25, -0.2) is 0 Å². The third kappa shape index (κ3) is 1.09. The van der Waals surface area contributed by atoms with Gasteiger partial charge >= 0.3 is 0 Å². The maximum atomic E-state index is 11.3. The van der Waals surface area contributed by atoms with Gasteiger partial charge in [0.25, 0.3) is 0 Å². The van der Waals surface area contributed by atoms with Gasteiger partial charge in [-0.3, -0.25) is 4.79 Å². The van der Waals surface area contributed by atoms with E-state index in [9.17, 15) is 4.79 Å². The van der Waals surface area contributed by atoms with Crippen molar-refractivity contribution in [2.24, 2.45) is 7.05 Å². The average molecular weight is 212 g/mol. The topological polar surface area (TPSA) is 34.0 Å². The van der Waals surface area contributed by atoms with Crippen LogP contribution >= 0.6 is 0 Å². The maximum absolute atomic E-state index is 11.3. The number of hydrogen-bond acceptors (Lipinski definition) is 1. The molecule has 2 aromatic rings. The number of para-hydroxylation sites is 1. The molecule has 1 aromatic carbocycles. The first-order chi connectivity index (χ1) is 7.27. The number of nitrogens with one attached hydrogen (secondary N) is 1. The molecule has 76 valence electrons. The Morgan fingerprint density at radius 3 is 3.07 bits per heavy atom. The van der Waals surface area contributed by atoms with E-state index in [1.165, 1.54) is 16.5 Å². The monoisotopic (exact) mass is 212 g/mol. The summed E-state index contributed by atoms with van der Waals surface area (Å²) in [6.07, 6.45) is 0.501. The van der Waals surface area contributed by atoms with E-state index >= 15 is 0 Å². The molecule has 0 atom stereocenters. The van der Waals surface area contributed by atoms with E-state index in [0.29, 0.717) is 13.0 Å². The Morgan fingerprint density at radius 2 is 2.20 bits per heavy atom. The van der Waals surface area contributed by atoms with Gasteiger partial charge in [0.2, 0.25) is 5.91 Å². The Hall–Kier alpha value is -1.77. The number of carbonyl (C=O) groups excluding carboxylic acids is 1. The zero-order chi connectivity index (χ0) is 10.4. The summed E-state index contributed by atoms with van der Waals surface area (Å²) in [5.74, 6) is 0.119. The van der Waals surface area contributed by atoms with Crippen molar-refractivity contribution in [1.29, 1.82) is 0 Å². The zero-order valence-electron chi connectivity index (χ0n) is 8.58. The molecule has 0 bridgehead atoms. The van der Waals surface area contributed by atoms with Crippen LogP contribution in [0.3, 0.4) is 0 Å². The van der Waals surface area contributed by atoms with Crippen LogP contribution in [0.5, 0.6) is 0 Å². The molecule has 0 fully saturated rings. The average Bonchev–Trinajstić information content (AvgIpc) is 2.54. The van der Waals surface area contributed by atoms with Crippen molar-refractivity contribution < 1.29 is 4.79 Å². The van der Waals surface area contributed by atoms with Gasteiger partial charge in [-0.2, -0.15) is 0 Å². The second-order valence-electron chi connectivity index (χ2n) is 3.95. The summed E-state index contributed by atoms with van der Waals surface area (Å²) in [5, 5.41) is 4.15. The van der Waals surface area contributed by atoms with Gasteiger partial charge in [-0.15, -0.1) is 0 Å². The largest absolute Gasteiger partial charge is 0.352 e. The van der Waals surface area contributed by atoms with E-state index < -0.39 is 0 Å². The summed E-state index contributed by atoms with van der Waals surface area (Å²) in [6, 6.07) is 8.28. The molecule has 0 saturated heterocycles. The predicted octanol–water partition coefficient (Wildman–Crippen LogP) is 1.35. The third-order valence-electron chi connectivity index (χ3n) is 3.13. The second-order valence-corrected chi connectivity index (χ2v) is 3.95. The minimum atomic E-state index is 0.119. The summed E-state index contributed by atoms with van der Waals surface area (Å²) < 4.78 is 2.13. The van der Waals surface area contributed by atoms with Gasteiger partial charge in [0, 0.05) is 35.8 Å². The van der Waals surface area contributed by atoms with E-state index in [0.717, 1.165) is 5.69 Å². The standard InChI is InChI=1S/C12H12N2O/c1-14-10-5-3-2-4-8(10)9-7-13-12(15)6-11(9)14/h2-5H,6-7H2,1H3,(H,13,15)/i2+2,3+2,4+2,5+2,8+2,10+2. The summed E-state index contributed by atoms with van der Waals surface area (Å²) >= 11 is 0. The molecule has 0 radical (unpaired) electrons. The van der Waals surface area contributed by atoms with Crippen LogP contribution in [-0.4, -0.2) is 10.5 Å². The SMILES string of the molecule is Cn1c2c([14c]3[14cH][14cH][14cH][14cH][14c]31)CNC(=O)C2. The van der Waals surface area contributed by atoms with E-state index in [1.54, 1.807) is 0 Å². The van der Waals surface area contributed by atoms with Crippen LogP contribution in [0.1, 0.15) is 11.3 Å². The number of fused-ring (bicyclic) bond motifs is 3. The lowest BCUT2D eigenvalue weighted by Crippen LogP contribution is -2.30. The maximum Gasteiger partial charge on any atom is 0.226 e. The molecule has 15 heavy (non-hydrogen) atoms. The highest BCUT2D eigenvalue weighted by molar-refractivity contribution is 5.90. The number of rotatable bonds is 0. The molecule has 1 aromatic heterocycles. The summed E-state index contributed by atoms with van der Waals surface area (Å²) in [7, 11) is 2.03. The van der Waals surface area contributed by atoms with Gasteiger partial charge < -0.3 is 9.88 Å². The minimum absolute atomic E-state index is 0.119. The summed E-state index contributed by atoms with van der Waals surface area (Å²) in [6.45, 7) is 0.662. The Morgan fingerprint density at radius 1 is 1.40 bits per heavy atom. The van der Waals surface area contributed by atoms with Crippen molar-refractivity contribution in [3.8, 4) is 0 Å². The molecule has 1 N–H and O–H groups in total. The van der Waals surface area contributed by atoms with E-state index in [2.05, 4.69) is 22.0 Å². The highest BCUT2D eigenvalue weighted by Crippen LogP contribution is 2.27. The van der Waals surface area contributed by atoms with Gasteiger partial charge in [0.05, 0.1) is 6.42 Å². The van der Waals surface area contributed by atoms with Crippen LogP contribution < -0.4 is 5.32 Å². The molecule has 1 aliphatic heterocycles. The normalized spacial score (nSPS) is 15.1. The van der Waals surface area contributed by atoms with Crippen LogP contribution in [0.4, 0.5) is 0 Å². The molecule has 1 aliphatic rings. The molecular formula is C12H12N2O. The Bertz CT molecular complexity index is 554. The zero-order valence-corrected chi connectivity index (χ0v) is 8.58. The van der Waals surface area contributed by atoms with E-state index in [1.807, 2.05) is 19.2 Å². The van der Waals surface area contributed by atoms with Crippen molar-refractivity contribution >= 4 is 16.8 Å². The second kappa shape index (κ2) is 2.86. The van der Waals surface area contributed by atoms with Crippen molar-refractivity contribution in [2.45, 2.75) is 13.0 Å². The van der Waals surface area contributed by atoms with Crippen molar-refractivity contribution in [2.75, 3.05) is 0 Å². The number of hydrogen-bond donors (Lipinski definition) is 1. The summed E-state index contributed by atoms with van der Waals surface area (Å²) in [4.78, 5) is 11.3. The fourth-order valence-corrected chi connectivity index (χ4v) is 2.35. The highest BCUT2D eigenvalue weighted by atomic mass is 16.1. The van der Waals surface area contributed by atoms with Crippen molar-refractivity contribution in [1.82, 2.24) is 9.88 Å². The molecule has 1 amide bonds. The lowest BCUT2D eigenvalue weighted by atomic mass is 10.2. The number of nitrogens with zero attached hydrogens (tertiary/aromatic N) is 1. The molecular weight excluding hydrogens is 200 g/mol. The van der Waals surface area contributed by atoms with Crippen LogP contribution in [-0.2, 0) is 24.8 Å². The Kier molecular flexibility index (Phi) is 1.63. The smallest absolute Gasteiger partial charge is 0.226 e. The number of aromatic nitrogens is 1. The van der Waals surface area contributed by atoms with Crippen LogP contribution in [0, 0.1) is 0 Å². The first-order valence-corrected chi connectivity index (χ1v) is 5.09. The fourth-order valence-electron chi connectivity index (χ4n) is 2.35. The number of benzene rings is 1. The number of aryl methyl sites for hydroxylation is 1. The quantitative estimate of drug-likeness (QED) is 0.702. The lowest BCUT2D eigenvalue weighted by molar-refractivity contribution is -0.121. The predicted molar refractivity (Wildman–Crippen MR) is 58.5 cm³/mol.